The molecule has 104 valence electrons. The van der Waals surface area contributed by atoms with Gasteiger partial charge >= 0.3 is 5.97 Å². The molecule has 19 heavy (non-hydrogen) atoms. The van der Waals surface area contributed by atoms with E-state index in [2.05, 4.69) is 14.7 Å². The molecule has 2 rings (SSSR count). The Morgan fingerprint density at radius 1 is 1.53 bits per heavy atom. The second-order valence-electron chi connectivity index (χ2n) is 4.13. The van der Waals surface area contributed by atoms with E-state index < -0.39 is 27.3 Å². The summed E-state index contributed by atoms with van der Waals surface area (Å²) < 4.78 is 30.5. The average Bonchev–Trinajstić information content (AvgIpc) is 3.13. The number of hydrogen-bond acceptors (Lipinski definition) is 6. The van der Waals surface area contributed by atoms with Crippen LogP contribution in [-0.4, -0.2) is 41.8 Å². The standard InChI is InChI=1S/C10H13N3O5S/c1-18-9(10(14)15)7-4-11-5-8(12-7)13-19(16,17)6-2-3-6/h4-6,9H,2-3H2,1H3,(H,12,13)(H,14,15). The fourth-order valence-corrected chi connectivity index (χ4v) is 2.83. The van der Waals surface area contributed by atoms with Gasteiger partial charge in [0, 0.05) is 7.11 Å². The predicted octanol–water partition coefficient (Wildman–Crippen LogP) is 0.153. The highest BCUT2D eigenvalue weighted by Crippen LogP contribution is 2.29. The van der Waals surface area contributed by atoms with Gasteiger partial charge in [0.2, 0.25) is 10.0 Å². The molecule has 0 radical (unpaired) electrons. The molecule has 1 atom stereocenters. The van der Waals surface area contributed by atoms with Crippen molar-refractivity contribution < 1.29 is 23.1 Å². The van der Waals surface area contributed by atoms with Crippen LogP contribution in [0.15, 0.2) is 12.4 Å². The predicted molar refractivity (Wildman–Crippen MR) is 65.0 cm³/mol. The smallest absolute Gasteiger partial charge is 0.339 e. The maximum absolute atomic E-state index is 11.7. The second kappa shape index (κ2) is 5.10. The van der Waals surface area contributed by atoms with Gasteiger partial charge in [-0.25, -0.2) is 18.2 Å². The molecule has 0 bridgehead atoms. The fraction of sp³-hybridized carbons (Fsp3) is 0.500. The third kappa shape index (κ3) is 3.18. The first-order valence-electron chi connectivity index (χ1n) is 5.53. The van der Waals surface area contributed by atoms with Crippen LogP contribution < -0.4 is 4.72 Å². The lowest BCUT2D eigenvalue weighted by Crippen LogP contribution is -2.20. The van der Waals surface area contributed by atoms with Crippen LogP contribution in [0.25, 0.3) is 0 Å². The first-order valence-corrected chi connectivity index (χ1v) is 7.08. The van der Waals surface area contributed by atoms with Crippen molar-refractivity contribution in [3.63, 3.8) is 0 Å². The van der Waals surface area contributed by atoms with Gasteiger partial charge in [0.25, 0.3) is 0 Å². The number of carboxylic acid groups (broad SMARTS) is 1. The SMILES string of the molecule is COC(C(=O)O)c1cncc(NS(=O)(=O)C2CC2)n1. The lowest BCUT2D eigenvalue weighted by Gasteiger charge is -2.11. The van der Waals surface area contributed by atoms with E-state index in [1.165, 1.54) is 19.5 Å². The molecule has 1 aliphatic carbocycles. The van der Waals surface area contributed by atoms with Gasteiger partial charge in [0.15, 0.2) is 11.9 Å². The molecule has 1 aromatic heterocycles. The minimum absolute atomic E-state index is 0.00676. The maximum atomic E-state index is 11.7. The zero-order valence-electron chi connectivity index (χ0n) is 10.1. The van der Waals surface area contributed by atoms with Gasteiger partial charge in [0.05, 0.1) is 17.6 Å². The zero-order valence-corrected chi connectivity index (χ0v) is 10.9. The van der Waals surface area contributed by atoms with Crippen molar-refractivity contribution in [1.29, 1.82) is 0 Å². The van der Waals surface area contributed by atoms with Gasteiger partial charge in [-0.15, -0.1) is 0 Å². The Morgan fingerprint density at radius 3 is 2.74 bits per heavy atom. The van der Waals surface area contributed by atoms with Crippen molar-refractivity contribution in [2.24, 2.45) is 0 Å². The monoisotopic (exact) mass is 287 g/mol. The molecule has 0 saturated heterocycles. The quantitative estimate of drug-likeness (QED) is 0.764. The van der Waals surface area contributed by atoms with Crippen molar-refractivity contribution in [3.05, 3.63) is 18.1 Å². The molecule has 0 spiro atoms. The first-order chi connectivity index (χ1) is 8.94. The van der Waals surface area contributed by atoms with Crippen molar-refractivity contribution >= 4 is 21.8 Å². The van der Waals surface area contributed by atoms with Crippen LogP contribution in [-0.2, 0) is 19.6 Å². The summed E-state index contributed by atoms with van der Waals surface area (Å²) in [6.45, 7) is 0. The molecule has 8 nitrogen and oxygen atoms in total. The molecule has 0 amide bonds. The van der Waals surface area contributed by atoms with Crippen molar-refractivity contribution in [2.75, 3.05) is 11.8 Å². The molecule has 9 heteroatoms. The van der Waals surface area contributed by atoms with Crippen LogP contribution in [0.2, 0.25) is 0 Å². The van der Waals surface area contributed by atoms with Crippen LogP contribution in [0.5, 0.6) is 0 Å². The number of ether oxygens (including phenoxy) is 1. The van der Waals surface area contributed by atoms with Gasteiger partial charge in [0.1, 0.15) is 5.69 Å². The Bertz CT molecular complexity index is 585. The van der Waals surface area contributed by atoms with Crippen LogP contribution in [0, 0.1) is 0 Å². The summed E-state index contributed by atoms with van der Waals surface area (Å²) in [5, 5.41) is 8.52. The number of aliphatic carboxylic acids is 1. The molecule has 1 unspecified atom stereocenters. The second-order valence-corrected chi connectivity index (χ2v) is 6.09. The molecule has 1 aliphatic rings. The van der Waals surface area contributed by atoms with Crippen molar-refractivity contribution in [1.82, 2.24) is 9.97 Å². The third-order valence-electron chi connectivity index (χ3n) is 2.59. The van der Waals surface area contributed by atoms with Gasteiger partial charge in [-0.3, -0.25) is 9.71 Å². The molecular formula is C10H13N3O5S. The summed E-state index contributed by atoms with van der Waals surface area (Å²) in [6, 6.07) is 0. The zero-order chi connectivity index (χ0) is 14.0. The normalized spacial score (nSPS) is 16.9. The summed E-state index contributed by atoms with van der Waals surface area (Å²) in [5.41, 5.74) is 0.0333. The summed E-state index contributed by atoms with van der Waals surface area (Å²) in [4.78, 5) is 18.6. The van der Waals surface area contributed by atoms with Gasteiger partial charge < -0.3 is 9.84 Å². The highest BCUT2D eigenvalue weighted by atomic mass is 32.2. The van der Waals surface area contributed by atoms with E-state index in [9.17, 15) is 13.2 Å². The third-order valence-corrected chi connectivity index (χ3v) is 4.43. The highest BCUT2D eigenvalue weighted by molar-refractivity contribution is 7.93. The van der Waals surface area contributed by atoms with E-state index >= 15 is 0 Å². The largest absolute Gasteiger partial charge is 0.479 e. The molecule has 0 aliphatic heterocycles. The number of hydrogen-bond donors (Lipinski definition) is 2. The minimum Gasteiger partial charge on any atom is -0.479 e. The lowest BCUT2D eigenvalue weighted by atomic mass is 10.2. The highest BCUT2D eigenvalue weighted by Gasteiger charge is 2.36. The number of anilines is 1. The molecular weight excluding hydrogens is 274 g/mol. The molecule has 1 saturated carbocycles. The van der Waals surface area contributed by atoms with E-state index in [1.54, 1.807) is 0 Å². The first kappa shape index (κ1) is 13.7. The number of carbonyl (C=O) groups is 1. The molecule has 1 heterocycles. The number of methoxy groups -OCH3 is 1. The Morgan fingerprint density at radius 2 is 2.21 bits per heavy atom. The topological polar surface area (TPSA) is 118 Å². The van der Waals surface area contributed by atoms with E-state index in [-0.39, 0.29) is 11.5 Å². The van der Waals surface area contributed by atoms with Crippen LogP contribution in [0.4, 0.5) is 5.82 Å². The van der Waals surface area contributed by atoms with Crippen molar-refractivity contribution in [3.8, 4) is 0 Å². The van der Waals surface area contributed by atoms with Gasteiger partial charge in [-0.1, -0.05) is 0 Å². The maximum Gasteiger partial charge on any atom is 0.339 e. The summed E-state index contributed by atoms with van der Waals surface area (Å²) in [6.07, 6.45) is 2.41. The lowest BCUT2D eigenvalue weighted by molar-refractivity contribution is -0.149. The Kier molecular flexibility index (Phi) is 3.67. The molecule has 2 N–H and O–H groups in total. The van der Waals surface area contributed by atoms with Gasteiger partial charge in [-0.05, 0) is 12.8 Å². The van der Waals surface area contributed by atoms with Crippen molar-refractivity contribution in [2.45, 2.75) is 24.2 Å². The van der Waals surface area contributed by atoms with E-state index in [4.69, 9.17) is 9.84 Å². The van der Waals surface area contributed by atoms with E-state index in [0.29, 0.717) is 12.8 Å². The summed E-state index contributed by atoms with van der Waals surface area (Å²) in [5.74, 6) is -1.23. The van der Waals surface area contributed by atoms with Crippen LogP contribution >= 0.6 is 0 Å². The number of nitrogens with zero attached hydrogens (tertiary/aromatic N) is 2. The van der Waals surface area contributed by atoms with Gasteiger partial charge in [-0.2, -0.15) is 0 Å². The molecule has 1 fully saturated rings. The number of carboxylic acids is 1. The summed E-state index contributed by atoms with van der Waals surface area (Å²) in [7, 11) is -2.23. The molecule has 1 aromatic rings. The number of sulfonamides is 1. The average molecular weight is 287 g/mol. The number of nitrogens with one attached hydrogen (secondary N) is 1. The Hall–Kier alpha value is -1.74. The summed E-state index contributed by atoms with van der Waals surface area (Å²) >= 11 is 0. The van der Waals surface area contributed by atoms with Crippen LogP contribution in [0.3, 0.4) is 0 Å². The fourth-order valence-electron chi connectivity index (χ4n) is 1.51. The molecule has 0 aromatic carbocycles. The Labute approximate surface area is 109 Å². The van der Waals surface area contributed by atoms with Crippen LogP contribution in [0.1, 0.15) is 24.6 Å². The van der Waals surface area contributed by atoms with E-state index in [0.717, 1.165) is 0 Å². The minimum atomic E-state index is -3.45. The number of rotatable bonds is 6. The number of aromatic nitrogens is 2. The van der Waals surface area contributed by atoms with E-state index in [1.807, 2.05) is 0 Å². The Balaban J connectivity index is 2.21.